The molecule has 0 N–H and O–H groups in total. The first kappa shape index (κ1) is 33.1. The molecule has 2 aliphatic carbocycles. The van der Waals surface area contributed by atoms with Crippen LogP contribution in [0.4, 0.5) is 17.1 Å². The zero-order valence-electron chi connectivity index (χ0n) is 32.1. The molecule has 0 saturated heterocycles. The van der Waals surface area contributed by atoms with Crippen molar-refractivity contribution in [1.82, 2.24) is 0 Å². The summed E-state index contributed by atoms with van der Waals surface area (Å²) in [5.41, 5.74) is 19.2. The van der Waals surface area contributed by atoms with E-state index in [-0.39, 0.29) is 10.8 Å². The summed E-state index contributed by atoms with van der Waals surface area (Å²) in [6, 6.07) is 65.6. The summed E-state index contributed by atoms with van der Waals surface area (Å²) in [4.78, 5) is 2.48. The second kappa shape index (κ2) is 12.1. The van der Waals surface area contributed by atoms with Crippen LogP contribution in [0, 0.1) is 0 Å². The molecule has 0 unspecified atom stereocenters. The van der Waals surface area contributed by atoms with Crippen LogP contribution in [0.5, 0.6) is 0 Å². The van der Waals surface area contributed by atoms with Gasteiger partial charge in [0.2, 0.25) is 0 Å². The molecule has 268 valence electrons. The number of hydrogen-bond donors (Lipinski definition) is 0. The Morgan fingerprint density at radius 3 is 1.70 bits per heavy atom. The van der Waals surface area contributed by atoms with Gasteiger partial charge in [0.05, 0.1) is 5.69 Å². The Bertz CT molecular complexity index is 3000. The van der Waals surface area contributed by atoms with Crippen LogP contribution in [-0.4, -0.2) is 0 Å². The van der Waals surface area contributed by atoms with Crippen molar-refractivity contribution >= 4 is 48.6 Å². The maximum absolute atomic E-state index is 2.53. The van der Waals surface area contributed by atoms with Gasteiger partial charge in [-0.3, -0.25) is 0 Å². The minimum atomic E-state index is -0.157. The number of fused-ring (bicyclic) bond motifs is 9. The first-order chi connectivity index (χ1) is 27.3. The van der Waals surface area contributed by atoms with Crippen molar-refractivity contribution in [3.63, 3.8) is 0 Å². The summed E-state index contributed by atoms with van der Waals surface area (Å²) in [6.45, 7) is 9.58. The fraction of sp³-hybridized carbons (Fsp3) is 0.111. The lowest BCUT2D eigenvalue weighted by atomic mass is 9.79. The highest BCUT2D eigenvalue weighted by molar-refractivity contribution is 7.25. The van der Waals surface area contributed by atoms with Gasteiger partial charge in [0.1, 0.15) is 0 Å². The van der Waals surface area contributed by atoms with E-state index in [4.69, 9.17) is 0 Å². The largest absolute Gasteiger partial charge is 0.310 e. The summed E-state index contributed by atoms with van der Waals surface area (Å²) in [6.07, 6.45) is 0. The highest BCUT2D eigenvalue weighted by Crippen LogP contribution is 2.58. The second-order valence-electron chi connectivity index (χ2n) is 16.5. The van der Waals surface area contributed by atoms with E-state index in [1.54, 1.807) is 0 Å². The van der Waals surface area contributed by atoms with E-state index in [9.17, 15) is 0 Å². The summed E-state index contributed by atoms with van der Waals surface area (Å²) >= 11 is 1.87. The first-order valence-electron chi connectivity index (χ1n) is 19.7. The molecule has 1 heterocycles. The zero-order chi connectivity index (χ0) is 37.8. The number of rotatable bonds is 5. The summed E-state index contributed by atoms with van der Waals surface area (Å²) < 4.78 is 2.66. The fourth-order valence-electron chi connectivity index (χ4n) is 9.72. The molecule has 9 aromatic rings. The Hall–Kier alpha value is -6.22. The lowest BCUT2D eigenvalue weighted by Crippen LogP contribution is -2.17. The van der Waals surface area contributed by atoms with Crippen molar-refractivity contribution in [2.45, 2.75) is 38.5 Å². The van der Waals surface area contributed by atoms with E-state index in [1.807, 2.05) is 11.3 Å². The third-order valence-electron chi connectivity index (χ3n) is 12.7. The molecule has 2 aliphatic rings. The first-order valence-corrected chi connectivity index (χ1v) is 20.5. The molecule has 8 aromatic carbocycles. The highest BCUT2D eigenvalue weighted by Gasteiger charge is 2.42. The van der Waals surface area contributed by atoms with Crippen LogP contribution < -0.4 is 4.90 Å². The monoisotopic (exact) mass is 735 g/mol. The van der Waals surface area contributed by atoms with Crippen molar-refractivity contribution in [3.05, 3.63) is 198 Å². The molecule has 1 aromatic heterocycles. The highest BCUT2D eigenvalue weighted by atomic mass is 32.1. The van der Waals surface area contributed by atoms with Crippen molar-refractivity contribution in [2.75, 3.05) is 4.90 Å². The Morgan fingerprint density at radius 2 is 0.929 bits per heavy atom. The van der Waals surface area contributed by atoms with E-state index >= 15 is 0 Å². The number of nitrogens with zero attached hydrogens (tertiary/aromatic N) is 1. The number of benzene rings is 8. The van der Waals surface area contributed by atoms with Gasteiger partial charge in [0.15, 0.2) is 0 Å². The molecule has 56 heavy (non-hydrogen) atoms. The normalized spacial score (nSPS) is 14.4. The summed E-state index contributed by atoms with van der Waals surface area (Å²) in [5, 5.41) is 2.66. The molecular weight excluding hydrogens is 695 g/mol. The Kier molecular flexibility index (Phi) is 7.18. The zero-order valence-corrected chi connectivity index (χ0v) is 32.9. The second-order valence-corrected chi connectivity index (χ2v) is 17.6. The van der Waals surface area contributed by atoms with Crippen LogP contribution in [0.3, 0.4) is 0 Å². The Balaban J connectivity index is 1.07. The molecule has 2 heteroatoms. The molecule has 0 bridgehead atoms. The minimum Gasteiger partial charge on any atom is -0.310 e. The molecule has 11 rings (SSSR count). The smallest absolute Gasteiger partial charge is 0.0543 e. The molecule has 0 atom stereocenters. The Labute approximate surface area is 333 Å². The topological polar surface area (TPSA) is 3.24 Å². The summed E-state index contributed by atoms with van der Waals surface area (Å²) in [7, 11) is 0. The van der Waals surface area contributed by atoms with E-state index < -0.39 is 0 Å². The maximum atomic E-state index is 2.53. The van der Waals surface area contributed by atoms with Gasteiger partial charge >= 0.3 is 0 Å². The molecule has 1 nitrogen and oxygen atoms in total. The van der Waals surface area contributed by atoms with Crippen LogP contribution in [0.1, 0.15) is 49.9 Å². The number of anilines is 3. The molecule has 0 radical (unpaired) electrons. The van der Waals surface area contributed by atoms with Crippen LogP contribution >= 0.6 is 11.3 Å². The minimum absolute atomic E-state index is 0.0789. The van der Waals surface area contributed by atoms with Gasteiger partial charge in [-0.2, -0.15) is 0 Å². The van der Waals surface area contributed by atoms with Gasteiger partial charge < -0.3 is 4.90 Å². The third-order valence-corrected chi connectivity index (χ3v) is 13.8. The molecule has 0 aliphatic heterocycles. The molecule has 0 amide bonds. The van der Waals surface area contributed by atoms with E-state index in [0.717, 1.165) is 11.4 Å². The van der Waals surface area contributed by atoms with Crippen LogP contribution in [0.15, 0.2) is 176 Å². The van der Waals surface area contributed by atoms with Crippen LogP contribution in [0.25, 0.3) is 64.7 Å². The number of hydrogen-bond acceptors (Lipinski definition) is 2. The Morgan fingerprint density at radius 1 is 0.375 bits per heavy atom. The quantitative estimate of drug-likeness (QED) is 0.170. The maximum Gasteiger partial charge on any atom is 0.0543 e. The fourth-order valence-corrected chi connectivity index (χ4v) is 10.9. The van der Waals surface area contributed by atoms with Gasteiger partial charge in [-0.25, -0.2) is 0 Å². The predicted octanol–water partition coefficient (Wildman–Crippen LogP) is 15.5. The SMILES string of the molecule is CC1(C)c2ccccc2-c2cc3c(cc21)-c1c(N(c2ccc(-c4ccccc4)cc2)c2ccc(-c4ccc5c(c4)sc4ccccc45)cc2)cccc1C3(C)C. The lowest BCUT2D eigenvalue weighted by molar-refractivity contribution is 0.652. The van der Waals surface area contributed by atoms with Crippen molar-refractivity contribution in [1.29, 1.82) is 0 Å². The van der Waals surface area contributed by atoms with Gasteiger partial charge in [-0.05, 0) is 116 Å². The van der Waals surface area contributed by atoms with Crippen molar-refractivity contribution in [3.8, 4) is 44.5 Å². The van der Waals surface area contributed by atoms with E-state index in [0.29, 0.717) is 0 Å². The van der Waals surface area contributed by atoms with Crippen molar-refractivity contribution in [2.24, 2.45) is 0 Å². The van der Waals surface area contributed by atoms with Gasteiger partial charge in [-0.15, -0.1) is 11.3 Å². The van der Waals surface area contributed by atoms with Crippen molar-refractivity contribution < 1.29 is 0 Å². The van der Waals surface area contributed by atoms with Gasteiger partial charge in [0, 0.05) is 47.9 Å². The average molecular weight is 736 g/mol. The standard InChI is InChI=1S/C54H41NS/c1-53(2)45-17-10-8-15-40(45)43-32-48-44(33-47(43)53)52-46(54(48,3)4)18-12-19-49(52)55(38-26-21-35(22-27-38)34-13-6-5-7-14-34)39-28-23-36(24-29-39)37-25-30-42-41-16-9-11-20-50(41)56-51(42)31-37/h5-33H,1-4H3. The van der Waals surface area contributed by atoms with Crippen LogP contribution in [-0.2, 0) is 10.8 Å². The molecule has 0 spiro atoms. The molecule has 0 fully saturated rings. The van der Waals surface area contributed by atoms with Gasteiger partial charge in [0.25, 0.3) is 0 Å². The molecule has 0 saturated carbocycles. The van der Waals surface area contributed by atoms with Crippen LogP contribution in [0.2, 0.25) is 0 Å². The number of thiophene rings is 1. The predicted molar refractivity (Wildman–Crippen MR) is 240 cm³/mol. The van der Waals surface area contributed by atoms with Gasteiger partial charge in [-0.1, -0.05) is 149 Å². The van der Waals surface area contributed by atoms with E-state index in [2.05, 4.69) is 209 Å². The summed E-state index contributed by atoms with van der Waals surface area (Å²) in [5.74, 6) is 0. The lowest BCUT2D eigenvalue weighted by Gasteiger charge is -2.29. The molecular formula is C54H41NS. The van der Waals surface area contributed by atoms with E-state index in [1.165, 1.54) is 92.6 Å². The third kappa shape index (κ3) is 4.85. The average Bonchev–Trinajstić information content (AvgIpc) is 3.80.